The summed E-state index contributed by atoms with van der Waals surface area (Å²) in [5.74, 6) is -0.927. The standard InChI is InChI=1S/C21H35NO6/c1-6-26-16(23)21(17(24)27-7-2)10-8-20(9-11-21)12-14-22(15-13-20)18(25)28-19(3,4)5/h6-15H2,1-5H3. The lowest BCUT2D eigenvalue weighted by atomic mass is 9.60. The van der Waals surface area contributed by atoms with E-state index >= 15 is 0 Å². The van der Waals surface area contributed by atoms with Gasteiger partial charge in [-0.25, -0.2) is 4.79 Å². The fraction of sp³-hybridized carbons (Fsp3) is 0.857. The molecule has 0 radical (unpaired) electrons. The van der Waals surface area contributed by atoms with E-state index in [4.69, 9.17) is 14.2 Å². The molecule has 0 aromatic carbocycles. The zero-order chi connectivity index (χ0) is 21.0. The number of hydrogen-bond donors (Lipinski definition) is 0. The van der Waals surface area contributed by atoms with Gasteiger partial charge in [0.25, 0.3) is 0 Å². The molecule has 0 atom stereocenters. The molecule has 0 N–H and O–H groups in total. The monoisotopic (exact) mass is 397 g/mol. The molecule has 0 aromatic rings. The van der Waals surface area contributed by atoms with Crippen LogP contribution >= 0.6 is 0 Å². The van der Waals surface area contributed by atoms with Crippen LogP contribution in [0.2, 0.25) is 0 Å². The van der Waals surface area contributed by atoms with Gasteiger partial charge >= 0.3 is 18.0 Å². The third kappa shape index (κ3) is 4.97. The van der Waals surface area contributed by atoms with Gasteiger partial charge in [-0.15, -0.1) is 0 Å². The maximum absolute atomic E-state index is 12.6. The fourth-order valence-electron chi connectivity index (χ4n) is 4.23. The highest BCUT2D eigenvalue weighted by atomic mass is 16.6. The van der Waals surface area contributed by atoms with E-state index < -0.39 is 23.0 Å². The maximum atomic E-state index is 12.6. The number of rotatable bonds is 4. The van der Waals surface area contributed by atoms with E-state index in [-0.39, 0.29) is 24.7 Å². The van der Waals surface area contributed by atoms with Crippen LogP contribution in [-0.2, 0) is 23.8 Å². The molecule has 1 saturated heterocycles. The lowest BCUT2D eigenvalue weighted by Crippen LogP contribution is -2.50. The van der Waals surface area contributed by atoms with Crippen LogP contribution < -0.4 is 0 Å². The lowest BCUT2D eigenvalue weighted by molar-refractivity contribution is -0.177. The van der Waals surface area contributed by atoms with Gasteiger partial charge in [-0.1, -0.05) is 0 Å². The van der Waals surface area contributed by atoms with Crippen LogP contribution in [-0.4, -0.2) is 54.8 Å². The van der Waals surface area contributed by atoms with Crippen LogP contribution in [0.5, 0.6) is 0 Å². The van der Waals surface area contributed by atoms with E-state index in [2.05, 4.69) is 0 Å². The summed E-state index contributed by atoms with van der Waals surface area (Å²) in [5, 5.41) is 0. The lowest BCUT2D eigenvalue weighted by Gasteiger charge is -2.47. The molecule has 28 heavy (non-hydrogen) atoms. The number of carbonyl (C=O) groups is 3. The Balaban J connectivity index is 2.00. The first-order valence-electron chi connectivity index (χ1n) is 10.4. The van der Waals surface area contributed by atoms with Crippen molar-refractivity contribution in [1.29, 1.82) is 0 Å². The average Bonchev–Trinajstić information content (AvgIpc) is 2.62. The van der Waals surface area contributed by atoms with Gasteiger partial charge < -0.3 is 19.1 Å². The molecular formula is C21H35NO6. The molecule has 1 heterocycles. The molecule has 7 nitrogen and oxygen atoms in total. The summed E-state index contributed by atoms with van der Waals surface area (Å²) in [6.07, 6.45) is 3.83. The number of ether oxygens (including phenoxy) is 3. The molecule has 0 aromatic heterocycles. The van der Waals surface area contributed by atoms with Gasteiger partial charge in [-0.2, -0.15) is 0 Å². The molecule has 2 fully saturated rings. The molecule has 2 rings (SSSR count). The summed E-state index contributed by atoms with van der Waals surface area (Å²) in [5.41, 5.74) is -1.63. The molecule has 160 valence electrons. The first kappa shape index (κ1) is 22.5. The fourth-order valence-corrected chi connectivity index (χ4v) is 4.23. The Morgan fingerprint density at radius 1 is 0.821 bits per heavy atom. The Bertz CT molecular complexity index is 556. The minimum absolute atomic E-state index is 0.0565. The number of amides is 1. The van der Waals surface area contributed by atoms with Gasteiger partial charge in [0.2, 0.25) is 0 Å². The number of nitrogens with zero attached hydrogens (tertiary/aromatic N) is 1. The second-order valence-electron chi connectivity index (χ2n) is 8.99. The van der Waals surface area contributed by atoms with Crippen LogP contribution in [0, 0.1) is 10.8 Å². The Hall–Kier alpha value is -1.79. The largest absolute Gasteiger partial charge is 0.465 e. The number of hydrogen-bond acceptors (Lipinski definition) is 6. The summed E-state index contributed by atoms with van der Waals surface area (Å²) >= 11 is 0. The van der Waals surface area contributed by atoms with Gasteiger partial charge in [0.1, 0.15) is 5.60 Å². The predicted octanol–water partition coefficient (Wildman–Crippen LogP) is 3.69. The van der Waals surface area contributed by atoms with E-state index in [0.717, 1.165) is 25.7 Å². The van der Waals surface area contributed by atoms with E-state index in [9.17, 15) is 14.4 Å². The maximum Gasteiger partial charge on any atom is 0.410 e. The van der Waals surface area contributed by atoms with Gasteiger partial charge in [-0.3, -0.25) is 9.59 Å². The zero-order valence-electron chi connectivity index (χ0n) is 18.0. The third-order valence-corrected chi connectivity index (χ3v) is 5.97. The van der Waals surface area contributed by atoms with Gasteiger partial charge in [0.05, 0.1) is 13.2 Å². The van der Waals surface area contributed by atoms with Gasteiger partial charge in [0.15, 0.2) is 5.41 Å². The quantitative estimate of drug-likeness (QED) is 0.409. The zero-order valence-corrected chi connectivity index (χ0v) is 18.0. The molecule has 1 amide bonds. The molecule has 1 saturated carbocycles. The summed E-state index contributed by atoms with van der Waals surface area (Å²) in [6, 6.07) is 0. The Morgan fingerprint density at radius 2 is 1.29 bits per heavy atom. The van der Waals surface area contributed by atoms with Crippen molar-refractivity contribution in [3.63, 3.8) is 0 Å². The van der Waals surface area contributed by atoms with Crippen molar-refractivity contribution in [2.24, 2.45) is 10.8 Å². The predicted molar refractivity (Wildman–Crippen MR) is 104 cm³/mol. The SMILES string of the molecule is CCOC(=O)C1(C(=O)OCC)CCC2(CCN(C(=O)OC(C)(C)C)CC2)CC1. The first-order valence-corrected chi connectivity index (χ1v) is 10.4. The average molecular weight is 398 g/mol. The van der Waals surface area contributed by atoms with E-state index in [0.29, 0.717) is 25.9 Å². The smallest absolute Gasteiger partial charge is 0.410 e. The molecule has 1 spiro atoms. The minimum Gasteiger partial charge on any atom is -0.465 e. The second kappa shape index (κ2) is 8.70. The van der Waals surface area contributed by atoms with Crippen LogP contribution in [0.4, 0.5) is 4.79 Å². The number of piperidine rings is 1. The Labute approximate surface area is 168 Å². The summed E-state index contributed by atoms with van der Waals surface area (Å²) in [4.78, 5) is 39.2. The molecule has 1 aliphatic carbocycles. The van der Waals surface area contributed by atoms with Crippen LogP contribution in [0.1, 0.15) is 73.1 Å². The number of carbonyl (C=O) groups excluding carboxylic acids is 3. The van der Waals surface area contributed by atoms with Crippen LogP contribution in [0.15, 0.2) is 0 Å². The third-order valence-electron chi connectivity index (χ3n) is 5.97. The van der Waals surface area contributed by atoms with Crippen molar-refractivity contribution in [1.82, 2.24) is 4.90 Å². The van der Waals surface area contributed by atoms with Crippen molar-refractivity contribution < 1.29 is 28.6 Å². The van der Waals surface area contributed by atoms with Crippen LogP contribution in [0.25, 0.3) is 0 Å². The molecule has 7 heteroatoms. The summed E-state index contributed by atoms with van der Waals surface area (Å²) in [6.45, 7) is 10.8. The summed E-state index contributed by atoms with van der Waals surface area (Å²) < 4.78 is 15.9. The molecule has 1 aliphatic heterocycles. The Kier molecular flexibility index (Phi) is 6.99. The van der Waals surface area contributed by atoms with Crippen molar-refractivity contribution in [3.05, 3.63) is 0 Å². The highest BCUT2D eigenvalue weighted by Crippen LogP contribution is 2.51. The normalized spacial score (nSPS) is 21.1. The minimum atomic E-state index is -1.18. The Morgan fingerprint density at radius 3 is 1.68 bits per heavy atom. The van der Waals surface area contributed by atoms with E-state index in [1.54, 1.807) is 18.7 Å². The molecular weight excluding hydrogens is 362 g/mol. The van der Waals surface area contributed by atoms with E-state index in [1.807, 2.05) is 20.8 Å². The van der Waals surface area contributed by atoms with Gasteiger partial charge in [-0.05, 0) is 78.6 Å². The number of likely N-dealkylation sites (tertiary alicyclic amines) is 1. The second-order valence-corrected chi connectivity index (χ2v) is 8.99. The van der Waals surface area contributed by atoms with Crippen LogP contribution in [0.3, 0.4) is 0 Å². The molecule has 0 bridgehead atoms. The van der Waals surface area contributed by atoms with E-state index in [1.165, 1.54) is 0 Å². The number of esters is 2. The van der Waals surface area contributed by atoms with Crippen molar-refractivity contribution >= 4 is 18.0 Å². The molecule has 2 aliphatic rings. The highest BCUT2D eigenvalue weighted by Gasteiger charge is 2.54. The highest BCUT2D eigenvalue weighted by molar-refractivity contribution is 6.00. The molecule has 0 unspecified atom stereocenters. The first-order chi connectivity index (χ1) is 13.1. The topological polar surface area (TPSA) is 82.1 Å². The van der Waals surface area contributed by atoms with Gasteiger partial charge in [0, 0.05) is 13.1 Å². The van der Waals surface area contributed by atoms with Crippen molar-refractivity contribution in [2.45, 2.75) is 78.7 Å². The van der Waals surface area contributed by atoms with Crippen molar-refractivity contribution in [3.8, 4) is 0 Å². The summed E-state index contributed by atoms with van der Waals surface area (Å²) in [7, 11) is 0. The van der Waals surface area contributed by atoms with Crippen molar-refractivity contribution in [2.75, 3.05) is 26.3 Å².